The van der Waals surface area contributed by atoms with Crippen molar-refractivity contribution in [2.75, 3.05) is 4.72 Å². The van der Waals surface area contributed by atoms with Crippen LogP contribution in [0.4, 0.5) is 10.1 Å². The van der Waals surface area contributed by atoms with Gasteiger partial charge in [0.15, 0.2) is 0 Å². The van der Waals surface area contributed by atoms with Gasteiger partial charge in [0.25, 0.3) is 10.0 Å². The van der Waals surface area contributed by atoms with Crippen molar-refractivity contribution in [3.63, 3.8) is 0 Å². The van der Waals surface area contributed by atoms with Gasteiger partial charge < -0.3 is 0 Å². The van der Waals surface area contributed by atoms with Crippen molar-refractivity contribution < 1.29 is 21.2 Å². The van der Waals surface area contributed by atoms with Crippen LogP contribution in [-0.4, -0.2) is 16.8 Å². The van der Waals surface area contributed by atoms with E-state index in [0.717, 1.165) is 23.5 Å². The van der Waals surface area contributed by atoms with Gasteiger partial charge in [-0.15, -0.1) is 11.3 Å². The first-order valence-corrected chi connectivity index (χ1v) is 8.99. The third kappa shape index (κ3) is 3.33. The van der Waals surface area contributed by atoms with Crippen LogP contribution in [0.5, 0.6) is 0 Å². The molecular weight excluding hydrogens is 327 g/mol. The van der Waals surface area contributed by atoms with Crippen LogP contribution in [-0.2, 0) is 20.0 Å². The lowest BCUT2D eigenvalue weighted by atomic mass is 10.3. The molecule has 108 valence electrons. The van der Waals surface area contributed by atoms with Crippen LogP contribution in [0.25, 0.3) is 0 Å². The van der Waals surface area contributed by atoms with E-state index in [1.165, 1.54) is 6.07 Å². The van der Waals surface area contributed by atoms with E-state index in [1.54, 1.807) is 11.4 Å². The van der Waals surface area contributed by atoms with E-state index in [0.29, 0.717) is 6.07 Å². The number of nitrogens with two attached hydrogens (primary N) is 1. The van der Waals surface area contributed by atoms with Crippen molar-refractivity contribution >= 4 is 37.1 Å². The summed E-state index contributed by atoms with van der Waals surface area (Å²) in [6, 6.07) is 5.43. The lowest BCUT2D eigenvalue weighted by Crippen LogP contribution is -2.15. The SMILES string of the molecule is NS(=O)(=O)c1cc(F)cc(NS(=O)(=O)c2cccs2)c1. The Morgan fingerprint density at radius 1 is 1.15 bits per heavy atom. The third-order valence-electron chi connectivity index (χ3n) is 2.21. The number of hydrogen-bond acceptors (Lipinski definition) is 5. The molecular formula is C10H9FN2O4S3. The number of primary sulfonamides is 1. The molecule has 2 rings (SSSR count). The number of thiophene rings is 1. The summed E-state index contributed by atoms with van der Waals surface area (Å²) >= 11 is 0.976. The topological polar surface area (TPSA) is 106 Å². The molecule has 0 fully saturated rings. The van der Waals surface area contributed by atoms with Gasteiger partial charge in [-0.05, 0) is 29.6 Å². The molecule has 3 N–H and O–H groups in total. The first-order chi connectivity index (χ1) is 9.18. The van der Waals surface area contributed by atoms with Crippen LogP contribution >= 0.6 is 11.3 Å². The molecule has 20 heavy (non-hydrogen) atoms. The van der Waals surface area contributed by atoms with Crippen molar-refractivity contribution in [2.24, 2.45) is 5.14 Å². The minimum Gasteiger partial charge on any atom is -0.279 e. The van der Waals surface area contributed by atoms with Crippen molar-refractivity contribution in [1.29, 1.82) is 0 Å². The second-order valence-electron chi connectivity index (χ2n) is 3.76. The van der Waals surface area contributed by atoms with Crippen LogP contribution in [0.2, 0.25) is 0 Å². The third-order valence-corrected chi connectivity index (χ3v) is 5.88. The van der Waals surface area contributed by atoms with Gasteiger partial charge in [0.2, 0.25) is 10.0 Å². The number of hydrogen-bond donors (Lipinski definition) is 2. The number of sulfonamides is 2. The van der Waals surface area contributed by atoms with Gasteiger partial charge in [-0.3, -0.25) is 4.72 Å². The van der Waals surface area contributed by atoms with Gasteiger partial charge in [0, 0.05) is 0 Å². The van der Waals surface area contributed by atoms with Gasteiger partial charge in [0.1, 0.15) is 10.0 Å². The summed E-state index contributed by atoms with van der Waals surface area (Å²) in [6.07, 6.45) is 0. The molecule has 0 radical (unpaired) electrons. The Kier molecular flexibility index (Phi) is 3.82. The maximum Gasteiger partial charge on any atom is 0.271 e. The van der Waals surface area contributed by atoms with Gasteiger partial charge >= 0.3 is 0 Å². The van der Waals surface area contributed by atoms with Crippen LogP contribution in [0.1, 0.15) is 0 Å². The highest BCUT2D eigenvalue weighted by molar-refractivity contribution is 7.94. The first kappa shape index (κ1) is 14.9. The highest BCUT2D eigenvalue weighted by Gasteiger charge is 2.17. The molecule has 0 aliphatic carbocycles. The van der Waals surface area contributed by atoms with E-state index < -0.39 is 30.8 Å². The van der Waals surface area contributed by atoms with Crippen molar-refractivity contribution in [3.8, 4) is 0 Å². The number of nitrogens with one attached hydrogen (secondary N) is 1. The molecule has 0 aliphatic rings. The molecule has 1 aromatic carbocycles. The van der Waals surface area contributed by atoms with Gasteiger partial charge in [-0.25, -0.2) is 26.4 Å². The first-order valence-electron chi connectivity index (χ1n) is 5.08. The Bertz CT molecular complexity index is 829. The minimum atomic E-state index is -4.13. The zero-order valence-electron chi connectivity index (χ0n) is 9.78. The molecule has 0 amide bonds. The van der Waals surface area contributed by atoms with Crippen LogP contribution in [0.3, 0.4) is 0 Å². The summed E-state index contributed by atoms with van der Waals surface area (Å²) in [7, 11) is -8.01. The van der Waals surface area contributed by atoms with E-state index >= 15 is 0 Å². The summed E-state index contributed by atoms with van der Waals surface area (Å²) in [5.74, 6) is -0.916. The highest BCUT2D eigenvalue weighted by Crippen LogP contribution is 2.23. The second-order valence-corrected chi connectivity index (χ2v) is 8.18. The summed E-state index contributed by atoms with van der Waals surface area (Å²) in [5.41, 5.74) is -0.220. The number of rotatable bonds is 4. The van der Waals surface area contributed by atoms with Crippen molar-refractivity contribution in [1.82, 2.24) is 0 Å². The molecule has 1 heterocycles. The number of anilines is 1. The van der Waals surface area contributed by atoms with Gasteiger partial charge in [-0.2, -0.15) is 0 Å². The van der Waals surface area contributed by atoms with E-state index in [1.807, 2.05) is 0 Å². The molecule has 10 heteroatoms. The lowest BCUT2D eigenvalue weighted by Gasteiger charge is -2.08. The van der Waals surface area contributed by atoms with Gasteiger partial charge in [0.05, 0.1) is 10.6 Å². The highest BCUT2D eigenvalue weighted by atomic mass is 32.2. The minimum absolute atomic E-state index is 0.0268. The maximum atomic E-state index is 13.3. The molecule has 2 aromatic rings. The van der Waals surface area contributed by atoms with Crippen molar-refractivity contribution in [2.45, 2.75) is 9.10 Å². The molecule has 0 aliphatic heterocycles. The maximum absolute atomic E-state index is 13.3. The Morgan fingerprint density at radius 3 is 2.40 bits per heavy atom. The molecule has 0 atom stereocenters. The quantitative estimate of drug-likeness (QED) is 0.878. The summed E-state index contributed by atoms with van der Waals surface area (Å²) in [4.78, 5) is -0.513. The second kappa shape index (κ2) is 5.13. The average molecular weight is 336 g/mol. The lowest BCUT2D eigenvalue weighted by molar-refractivity contribution is 0.591. The summed E-state index contributed by atoms with van der Waals surface area (Å²) in [6.45, 7) is 0. The molecule has 0 unspecified atom stereocenters. The molecule has 0 saturated carbocycles. The Labute approximate surface area is 119 Å². The van der Waals surface area contributed by atoms with E-state index in [4.69, 9.17) is 5.14 Å². The van der Waals surface area contributed by atoms with Gasteiger partial charge in [-0.1, -0.05) is 6.07 Å². The zero-order chi connectivity index (χ0) is 15.0. The fraction of sp³-hybridized carbons (Fsp3) is 0. The van der Waals surface area contributed by atoms with Crippen LogP contribution < -0.4 is 9.86 Å². The molecule has 0 bridgehead atoms. The van der Waals surface area contributed by atoms with Crippen LogP contribution in [0.15, 0.2) is 44.8 Å². The van der Waals surface area contributed by atoms with E-state index in [2.05, 4.69) is 4.72 Å². The number of benzene rings is 1. The Morgan fingerprint density at radius 2 is 1.85 bits per heavy atom. The Hall–Kier alpha value is -1.49. The average Bonchev–Trinajstić information content (AvgIpc) is 2.79. The smallest absolute Gasteiger partial charge is 0.271 e. The summed E-state index contributed by atoms with van der Waals surface area (Å²) < 4.78 is 61.6. The standard InChI is InChI=1S/C10H9FN2O4S3/c11-7-4-8(6-9(5-7)19(12,14)15)13-20(16,17)10-2-1-3-18-10/h1-6,13H,(H2,12,14,15). The normalized spacial score (nSPS) is 12.3. The fourth-order valence-corrected chi connectivity index (χ4v) is 4.01. The predicted molar refractivity (Wildman–Crippen MR) is 72.9 cm³/mol. The monoisotopic (exact) mass is 336 g/mol. The Balaban J connectivity index is 2.43. The number of halogens is 1. The van der Waals surface area contributed by atoms with E-state index in [-0.39, 0.29) is 9.90 Å². The van der Waals surface area contributed by atoms with E-state index in [9.17, 15) is 21.2 Å². The zero-order valence-corrected chi connectivity index (χ0v) is 12.2. The van der Waals surface area contributed by atoms with Crippen molar-refractivity contribution in [3.05, 3.63) is 41.5 Å². The fourth-order valence-electron chi connectivity index (χ4n) is 1.41. The predicted octanol–water partition coefficient (Wildman–Crippen LogP) is 1.34. The molecule has 1 aromatic heterocycles. The molecule has 0 saturated heterocycles. The molecule has 0 spiro atoms. The summed E-state index contributed by atoms with van der Waals surface area (Å²) in [5, 5.41) is 6.45. The van der Waals surface area contributed by atoms with Crippen LogP contribution in [0, 0.1) is 5.82 Å². The molecule has 6 nitrogen and oxygen atoms in total. The largest absolute Gasteiger partial charge is 0.279 e.